The maximum absolute atomic E-state index is 13.4. The minimum absolute atomic E-state index is 0.147. The number of halogens is 2. The van der Waals surface area contributed by atoms with Crippen LogP contribution in [0.15, 0.2) is 35.7 Å². The van der Waals surface area contributed by atoms with Crippen LogP contribution in [0, 0.1) is 11.6 Å². The van der Waals surface area contributed by atoms with Gasteiger partial charge >= 0.3 is 0 Å². The zero-order valence-corrected chi connectivity index (χ0v) is 14.3. The Morgan fingerprint density at radius 2 is 1.92 bits per heavy atom. The molecular formula is C18H22F2N2OS. The summed E-state index contributed by atoms with van der Waals surface area (Å²) in [7, 11) is 0. The van der Waals surface area contributed by atoms with E-state index >= 15 is 0 Å². The third kappa shape index (κ3) is 4.60. The largest absolute Gasteiger partial charge is 0.396 e. The summed E-state index contributed by atoms with van der Waals surface area (Å²) in [4.78, 5) is 5.92. The molecule has 1 aromatic heterocycles. The molecule has 1 aliphatic heterocycles. The van der Waals surface area contributed by atoms with Gasteiger partial charge in [-0.15, -0.1) is 11.3 Å². The molecule has 1 fully saturated rings. The summed E-state index contributed by atoms with van der Waals surface area (Å²) >= 11 is 1.74. The number of aliphatic hydroxyl groups is 1. The molecule has 1 N–H and O–H groups in total. The minimum Gasteiger partial charge on any atom is -0.396 e. The fraction of sp³-hybridized carbons (Fsp3) is 0.444. The molecule has 0 aliphatic carbocycles. The smallest absolute Gasteiger partial charge is 0.126 e. The van der Waals surface area contributed by atoms with E-state index in [4.69, 9.17) is 0 Å². The summed E-state index contributed by atoms with van der Waals surface area (Å²) in [6, 6.07) is 8.11. The van der Waals surface area contributed by atoms with Gasteiger partial charge in [0.25, 0.3) is 0 Å². The van der Waals surface area contributed by atoms with Gasteiger partial charge in [0, 0.05) is 56.3 Å². The molecule has 1 saturated heterocycles. The van der Waals surface area contributed by atoms with E-state index in [1.807, 2.05) is 0 Å². The molecule has 0 amide bonds. The monoisotopic (exact) mass is 352 g/mol. The molecule has 0 spiro atoms. The van der Waals surface area contributed by atoms with Crippen LogP contribution in [0.1, 0.15) is 16.9 Å². The molecule has 1 aliphatic rings. The fourth-order valence-corrected chi connectivity index (χ4v) is 4.02. The second-order valence-corrected chi connectivity index (χ2v) is 7.26. The van der Waals surface area contributed by atoms with Gasteiger partial charge in [-0.25, -0.2) is 8.78 Å². The average molecular weight is 352 g/mol. The fourth-order valence-electron chi connectivity index (χ4n) is 3.30. The van der Waals surface area contributed by atoms with E-state index in [9.17, 15) is 13.9 Å². The Bertz CT molecular complexity index is 630. The summed E-state index contributed by atoms with van der Waals surface area (Å²) < 4.78 is 26.7. The lowest BCUT2D eigenvalue weighted by molar-refractivity contribution is 0.0506. The normalized spacial score (nSPS) is 19.7. The Balaban J connectivity index is 1.63. The maximum atomic E-state index is 13.4. The summed E-state index contributed by atoms with van der Waals surface area (Å²) in [6.45, 7) is 4.11. The van der Waals surface area contributed by atoms with E-state index in [0.29, 0.717) is 18.5 Å². The van der Waals surface area contributed by atoms with Crippen molar-refractivity contribution < 1.29 is 13.9 Å². The highest BCUT2D eigenvalue weighted by molar-refractivity contribution is 7.09. The van der Waals surface area contributed by atoms with Crippen LogP contribution in [-0.2, 0) is 13.1 Å². The molecule has 0 radical (unpaired) electrons. The first kappa shape index (κ1) is 17.5. The average Bonchev–Trinajstić information content (AvgIpc) is 3.02. The van der Waals surface area contributed by atoms with Gasteiger partial charge in [0.05, 0.1) is 0 Å². The van der Waals surface area contributed by atoms with Crippen molar-refractivity contribution in [3.8, 4) is 0 Å². The highest BCUT2D eigenvalue weighted by Crippen LogP contribution is 2.20. The molecule has 130 valence electrons. The number of aliphatic hydroxyl groups excluding tert-OH is 1. The second-order valence-electron chi connectivity index (χ2n) is 6.23. The Morgan fingerprint density at radius 3 is 2.58 bits per heavy atom. The van der Waals surface area contributed by atoms with Crippen LogP contribution in [0.4, 0.5) is 8.78 Å². The Labute approximate surface area is 145 Å². The first-order chi connectivity index (χ1) is 11.6. The molecule has 0 saturated carbocycles. The van der Waals surface area contributed by atoms with Crippen LogP contribution in [0.5, 0.6) is 0 Å². The number of nitrogens with zero attached hydrogens (tertiary/aromatic N) is 2. The van der Waals surface area contributed by atoms with Gasteiger partial charge in [0.2, 0.25) is 0 Å². The van der Waals surface area contributed by atoms with Crippen molar-refractivity contribution in [1.29, 1.82) is 0 Å². The van der Waals surface area contributed by atoms with E-state index in [1.54, 1.807) is 11.3 Å². The van der Waals surface area contributed by atoms with Crippen molar-refractivity contribution in [2.45, 2.75) is 25.6 Å². The molecule has 2 heterocycles. The molecular weight excluding hydrogens is 330 g/mol. The van der Waals surface area contributed by atoms with Gasteiger partial charge in [0.1, 0.15) is 11.6 Å². The van der Waals surface area contributed by atoms with Crippen LogP contribution in [0.2, 0.25) is 0 Å². The third-order valence-electron chi connectivity index (χ3n) is 4.42. The first-order valence-corrected chi connectivity index (χ1v) is 9.06. The lowest BCUT2D eigenvalue weighted by atomic mass is 10.1. The standard InChI is InChI=1S/C18H22F2N2OS/c19-15-8-14(9-16(20)10-15)11-21-4-5-22(17(12-21)3-6-23)13-18-2-1-7-24-18/h1-2,7-10,17,23H,3-6,11-13H2. The van der Waals surface area contributed by atoms with E-state index in [0.717, 1.165) is 32.2 Å². The van der Waals surface area contributed by atoms with Crippen molar-refractivity contribution in [2.75, 3.05) is 26.2 Å². The van der Waals surface area contributed by atoms with E-state index in [2.05, 4.69) is 27.3 Å². The molecule has 24 heavy (non-hydrogen) atoms. The van der Waals surface area contributed by atoms with Crippen molar-refractivity contribution in [3.63, 3.8) is 0 Å². The van der Waals surface area contributed by atoms with Gasteiger partial charge in [-0.2, -0.15) is 0 Å². The Morgan fingerprint density at radius 1 is 1.12 bits per heavy atom. The van der Waals surface area contributed by atoms with Crippen molar-refractivity contribution in [2.24, 2.45) is 0 Å². The van der Waals surface area contributed by atoms with Crippen LogP contribution in [0.3, 0.4) is 0 Å². The number of rotatable bonds is 6. The number of piperazine rings is 1. The first-order valence-electron chi connectivity index (χ1n) is 8.18. The third-order valence-corrected chi connectivity index (χ3v) is 5.28. The summed E-state index contributed by atoms with van der Waals surface area (Å²) in [6.07, 6.45) is 0.708. The quantitative estimate of drug-likeness (QED) is 0.865. The van der Waals surface area contributed by atoms with Gasteiger partial charge in [-0.3, -0.25) is 9.80 Å². The Kier molecular flexibility index (Phi) is 5.94. The summed E-state index contributed by atoms with van der Waals surface area (Å²) in [5.74, 6) is -1.07. The van der Waals surface area contributed by atoms with E-state index in [-0.39, 0.29) is 12.6 Å². The van der Waals surface area contributed by atoms with Crippen molar-refractivity contribution >= 4 is 11.3 Å². The van der Waals surface area contributed by atoms with E-state index < -0.39 is 11.6 Å². The highest BCUT2D eigenvalue weighted by atomic mass is 32.1. The summed E-state index contributed by atoms with van der Waals surface area (Å²) in [5, 5.41) is 11.4. The van der Waals surface area contributed by atoms with Gasteiger partial charge in [-0.05, 0) is 35.6 Å². The van der Waals surface area contributed by atoms with Crippen LogP contribution in [-0.4, -0.2) is 47.2 Å². The van der Waals surface area contributed by atoms with Crippen LogP contribution < -0.4 is 0 Å². The predicted molar refractivity (Wildman–Crippen MR) is 91.9 cm³/mol. The molecule has 1 aromatic carbocycles. The molecule has 2 aromatic rings. The second kappa shape index (κ2) is 8.16. The van der Waals surface area contributed by atoms with Crippen molar-refractivity contribution in [3.05, 3.63) is 57.8 Å². The number of hydrogen-bond acceptors (Lipinski definition) is 4. The summed E-state index contributed by atoms with van der Waals surface area (Å²) in [5.41, 5.74) is 0.655. The maximum Gasteiger partial charge on any atom is 0.126 e. The minimum atomic E-state index is -0.534. The number of benzene rings is 1. The Hall–Kier alpha value is -1.34. The molecule has 3 nitrogen and oxygen atoms in total. The number of thiophene rings is 1. The lowest BCUT2D eigenvalue weighted by Gasteiger charge is -2.41. The van der Waals surface area contributed by atoms with Gasteiger partial charge < -0.3 is 5.11 Å². The topological polar surface area (TPSA) is 26.7 Å². The molecule has 6 heteroatoms. The van der Waals surface area contributed by atoms with Gasteiger partial charge in [0.15, 0.2) is 0 Å². The highest BCUT2D eigenvalue weighted by Gasteiger charge is 2.27. The van der Waals surface area contributed by atoms with Crippen molar-refractivity contribution in [1.82, 2.24) is 9.80 Å². The number of hydrogen-bond donors (Lipinski definition) is 1. The lowest BCUT2D eigenvalue weighted by Crippen LogP contribution is -2.52. The zero-order chi connectivity index (χ0) is 16.9. The van der Waals surface area contributed by atoms with Crippen LogP contribution in [0.25, 0.3) is 0 Å². The molecule has 1 atom stereocenters. The van der Waals surface area contributed by atoms with Gasteiger partial charge in [-0.1, -0.05) is 6.07 Å². The SMILES string of the molecule is OCCC1CN(Cc2cc(F)cc(F)c2)CCN1Cc1cccs1. The molecule has 0 bridgehead atoms. The molecule has 1 unspecified atom stereocenters. The van der Waals surface area contributed by atoms with Crippen LogP contribution >= 0.6 is 11.3 Å². The predicted octanol–water partition coefficient (Wildman–Crippen LogP) is 3.10. The van der Waals surface area contributed by atoms with E-state index in [1.165, 1.54) is 17.0 Å². The zero-order valence-electron chi connectivity index (χ0n) is 13.5. The molecule has 3 rings (SSSR count).